The van der Waals surface area contributed by atoms with Crippen LogP contribution in [-0.4, -0.2) is 24.8 Å². The molecule has 1 aliphatic carbocycles. The van der Waals surface area contributed by atoms with Gasteiger partial charge in [0.25, 0.3) is 0 Å². The molecule has 0 amide bonds. The lowest BCUT2D eigenvalue weighted by atomic mass is 9.83. The summed E-state index contributed by atoms with van der Waals surface area (Å²) in [4.78, 5) is 1.63. The molecule has 2 nitrogen and oxygen atoms in total. The molecule has 0 spiro atoms. The molecular weight excluding hydrogens is 278 g/mol. The van der Waals surface area contributed by atoms with Gasteiger partial charge < -0.3 is 5.11 Å². The fourth-order valence-electron chi connectivity index (χ4n) is 3.54. The molecule has 0 aromatic carbocycles. The smallest absolute Gasteiger partial charge is 0.176 e. The Kier molecular flexibility index (Phi) is 6.72. The van der Waals surface area contributed by atoms with E-state index in [0.717, 1.165) is 25.4 Å². The average Bonchev–Trinajstić information content (AvgIpc) is 2.93. The van der Waals surface area contributed by atoms with Gasteiger partial charge in [-0.1, -0.05) is 26.2 Å². The summed E-state index contributed by atoms with van der Waals surface area (Å²) >= 11 is 0. The molecule has 1 N–H and O–H groups in total. The van der Waals surface area contributed by atoms with E-state index in [1.54, 1.807) is 10.4 Å². The Morgan fingerprint density at radius 2 is 1.90 bits per heavy atom. The van der Waals surface area contributed by atoms with Crippen molar-refractivity contribution in [2.24, 2.45) is 5.92 Å². The molecule has 2 atom stereocenters. The maximum absolute atomic E-state index is 9.48. The standard InChI is InChI=1S/C18H32NOS/c1-4-19(5-2)21-12-11-17(16-9-7-6-8-10-16)18(21)13-15(3)14-20/h11-12,15-16,20H,4-10,13-14H2,1-3H3/q+1. The van der Waals surface area contributed by atoms with Crippen LogP contribution in [0.5, 0.6) is 0 Å². The number of aliphatic hydroxyl groups is 1. The molecule has 0 aliphatic heterocycles. The summed E-state index contributed by atoms with van der Waals surface area (Å²) in [7, 11) is 0.164. The van der Waals surface area contributed by atoms with Crippen molar-refractivity contribution in [3.05, 3.63) is 21.9 Å². The van der Waals surface area contributed by atoms with Crippen LogP contribution in [0.15, 0.2) is 11.4 Å². The van der Waals surface area contributed by atoms with Gasteiger partial charge >= 0.3 is 0 Å². The van der Waals surface area contributed by atoms with Gasteiger partial charge in [-0.3, -0.25) is 0 Å². The lowest BCUT2D eigenvalue weighted by Gasteiger charge is -2.22. The van der Waals surface area contributed by atoms with Gasteiger partial charge in [-0.15, -0.1) is 4.31 Å². The van der Waals surface area contributed by atoms with Crippen molar-refractivity contribution in [1.82, 2.24) is 0 Å². The Labute approximate surface area is 133 Å². The van der Waals surface area contributed by atoms with Crippen LogP contribution in [0.2, 0.25) is 0 Å². The topological polar surface area (TPSA) is 23.5 Å². The van der Waals surface area contributed by atoms with E-state index >= 15 is 0 Å². The number of thiophene rings is 1. The highest BCUT2D eigenvalue weighted by Crippen LogP contribution is 2.41. The lowest BCUT2D eigenvalue weighted by Crippen LogP contribution is -2.21. The van der Waals surface area contributed by atoms with Crippen molar-refractivity contribution in [3.8, 4) is 0 Å². The van der Waals surface area contributed by atoms with Crippen molar-refractivity contribution in [2.45, 2.75) is 65.2 Å². The second-order valence-electron chi connectivity index (χ2n) is 6.44. The van der Waals surface area contributed by atoms with E-state index in [4.69, 9.17) is 0 Å². The highest BCUT2D eigenvalue weighted by Gasteiger charge is 2.30. The van der Waals surface area contributed by atoms with E-state index in [0.29, 0.717) is 12.5 Å². The summed E-state index contributed by atoms with van der Waals surface area (Å²) in [6.45, 7) is 9.22. The quantitative estimate of drug-likeness (QED) is 0.742. The van der Waals surface area contributed by atoms with Gasteiger partial charge in [0, 0.05) is 37.7 Å². The van der Waals surface area contributed by atoms with E-state index in [1.165, 1.54) is 32.1 Å². The van der Waals surface area contributed by atoms with Gasteiger partial charge in [0.05, 0.1) is 10.7 Å². The molecule has 0 bridgehead atoms. The second-order valence-corrected chi connectivity index (χ2v) is 8.35. The Morgan fingerprint density at radius 3 is 2.48 bits per heavy atom. The van der Waals surface area contributed by atoms with Crippen LogP contribution >= 0.6 is 10.7 Å². The third-order valence-corrected chi connectivity index (χ3v) is 7.20. The molecule has 0 saturated heterocycles. The number of hydrogen-bond donors (Lipinski definition) is 1. The monoisotopic (exact) mass is 310 g/mol. The van der Waals surface area contributed by atoms with Crippen molar-refractivity contribution in [2.75, 3.05) is 24.0 Å². The fourth-order valence-corrected chi connectivity index (χ4v) is 5.95. The highest BCUT2D eigenvalue weighted by molar-refractivity contribution is 7.32. The molecule has 2 unspecified atom stereocenters. The van der Waals surface area contributed by atoms with Crippen LogP contribution < -0.4 is 4.31 Å². The molecule has 1 aromatic rings. The van der Waals surface area contributed by atoms with Gasteiger partial charge in [0.1, 0.15) is 0 Å². The first-order chi connectivity index (χ1) is 10.2. The van der Waals surface area contributed by atoms with E-state index in [9.17, 15) is 5.11 Å². The Balaban J connectivity index is 2.30. The molecule has 0 radical (unpaired) electrons. The zero-order chi connectivity index (χ0) is 15.2. The van der Waals surface area contributed by atoms with Crippen molar-refractivity contribution >= 4 is 10.7 Å². The molecule has 1 saturated carbocycles. The van der Waals surface area contributed by atoms with E-state index in [1.807, 2.05) is 0 Å². The van der Waals surface area contributed by atoms with Gasteiger partial charge in [-0.25, -0.2) is 0 Å². The zero-order valence-electron chi connectivity index (χ0n) is 14.0. The number of aliphatic hydroxyl groups excluding tert-OH is 1. The van der Waals surface area contributed by atoms with Crippen molar-refractivity contribution < 1.29 is 5.11 Å². The third kappa shape index (κ3) is 4.08. The Hall–Kier alpha value is -0.380. The fraction of sp³-hybridized carbons (Fsp3) is 0.778. The minimum atomic E-state index is 0.164. The van der Waals surface area contributed by atoms with Gasteiger partial charge in [-0.05, 0) is 38.5 Å². The first-order valence-corrected chi connectivity index (χ1v) is 9.95. The molecule has 1 fully saturated rings. The zero-order valence-corrected chi connectivity index (χ0v) is 14.8. The number of rotatable bonds is 7. The van der Waals surface area contributed by atoms with Crippen molar-refractivity contribution in [1.29, 1.82) is 0 Å². The van der Waals surface area contributed by atoms with Crippen LogP contribution in [0, 0.1) is 5.92 Å². The summed E-state index contributed by atoms with van der Waals surface area (Å²) in [5.74, 6) is 1.16. The first-order valence-electron chi connectivity index (χ1n) is 8.71. The average molecular weight is 311 g/mol. The van der Waals surface area contributed by atoms with Gasteiger partial charge in [0.2, 0.25) is 0 Å². The predicted octanol–water partition coefficient (Wildman–Crippen LogP) is 4.63. The molecule has 3 heteroatoms. The van der Waals surface area contributed by atoms with Gasteiger partial charge in [0.15, 0.2) is 10.3 Å². The Bertz CT molecular complexity index is 419. The van der Waals surface area contributed by atoms with Crippen LogP contribution in [0.3, 0.4) is 0 Å². The maximum atomic E-state index is 9.48. The molecule has 1 aromatic heterocycles. The van der Waals surface area contributed by atoms with Crippen LogP contribution in [0.25, 0.3) is 0 Å². The first kappa shape index (κ1) is 17.0. The minimum absolute atomic E-state index is 0.164. The van der Waals surface area contributed by atoms with Gasteiger partial charge in [-0.2, -0.15) is 0 Å². The molecule has 120 valence electrons. The van der Waals surface area contributed by atoms with Crippen LogP contribution in [0.1, 0.15) is 69.2 Å². The summed E-state index contributed by atoms with van der Waals surface area (Å²) in [6.07, 6.45) is 8.00. The highest BCUT2D eigenvalue weighted by atomic mass is 32.2. The van der Waals surface area contributed by atoms with E-state index in [-0.39, 0.29) is 10.7 Å². The van der Waals surface area contributed by atoms with E-state index < -0.39 is 0 Å². The minimum Gasteiger partial charge on any atom is -0.396 e. The molecule has 21 heavy (non-hydrogen) atoms. The van der Waals surface area contributed by atoms with Crippen molar-refractivity contribution in [3.63, 3.8) is 0 Å². The van der Waals surface area contributed by atoms with E-state index in [2.05, 4.69) is 36.5 Å². The predicted molar refractivity (Wildman–Crippen MR) is 94.0 cm³/mol. The largest absolute Gasteiger partial charge is 0.396 e. The maximum Gasteiger partial charge on any atom is 0.176 e. The second kappa shape index (κ2) is 8.30. The summed E-state index contributed by atoms with van der Waals surface area (Å²) in [5.41, 5.74) is 1.63. The normalized spacial score (nSPS) is 19.2. The lowest BCUT2D eigenvalue weighted by molar-refractivity contribution is 0.237. The third-order valence-electron chi connectivity index (χ3n) is 4.83. The summed E-state index contributed by atoms with van der Waals surface area (Å²) in [5, 5.41) is 11.9. The Morgan fingerprint density at radius 1 is 1.24 bits per heavy atom. The molecule has 1 aliphatic rings. The molecular formula is C18H32NOS+. The summed E-state index contributed by atoms with van der Waals surface area (Å²) < 4.78 is 2.58. The number of hydrogen-bond acceptors (Lipinski definition) is 2. The summed E-state index contributed by atoms with van der Waals surface area (Å²) in [6, 6.07) is 2.43. The van der Waals surface area contributed by atoms with Crippen LogP contribution in [-0.2, 0) is 6.42 Å². The SMILES string of the molecule is CCN(CC)[s+]1ccc(C2CCCCC2)c1CC(C)CO. The molecule has 2 rings (SSSR count). The van der Waals surface area contributed by atoms with Crippen LogP contribution in [0.4, 0.5) is 0 Å². The molecule has 1 heterocycles. The number of nitrogens with zero attached hydrogens (tertiary/aromatic N) is 1.